The minimum absolute atomic E-state index is 0.101. The average molecular weight is 477 g/mol. The molecule has 1 aliphatic rings. The van der Waals surface area contributed by atoms with Crippen LogP contribution in [0, 0.1) is 6.92 Å². The molecule has 0 radical (unpaired) electrons. The monoisotopic (exact) mass is 476 g/mol. The fourth-order valence-electron chi connectivity index (χ4n) is 3.45. The summed E-state index contributed by atoms with van der Waals surface area (Å²) < 4.78 is 59.7. The van der Waals surface area contributed by atoms with Crippen LogP contribution in [0.15, 0.2) is 62.8 Å². The van der Waals surface area contributed by atoms with Crippen molar-refractivity contribution in [1.82, 2.24) is 19.2 Å². The first kappa shape index (κ1) is 22.6. The maximum Gasteiger partial charge on any atom is 0.244 e. The molecule has 0 saturated carbocycles. The topological polar surface area (TPSA) is 122 Å². The fraction of sp³-hybridized carbons (Fsp3) is 0.333. The average Bonchev–Trinajstić information content (AvgIpc) is 3.47. The van der Waals surface area contributed by atoms with Gasteiger partial charge < -0.3 is 4.52 Å². The zero-order chi connectivity index (χ0) is 22.9. The lowest BCUT2D eigenvalue weighted by atomic mass is 10.2. The van der Waals surface area contributed by atoms with E-state index in [1.807, 2.05) is 6.92 Å². The van der Waals surface area contributed by atoms with E-state index in [4.69, 9.17) is 4.52 Å². The summed E-state index contributed by atoms with van der Waals surface area (Å²) in [7, 11) is -7.26. The van der Waals surface area contributed by atoms with Gasteiger partial charge in [-0.05, 0) is 63.1 Å². The number of nitrogens with one attached hydrogen (secondary N) is 1. The van der Waals surface area contributed by atoms with Crippen molar-refractivity contribution < 1.29 is 21.4 Å². The second-order valence-corrected chi connectivity index (χ2v) is 11.4. The SMILES string of the molecule is Cc1ccc(S(=O)(=O)N[C@H](C)c2nc(-c3ccc(S(=O)(=O)N4CCCC4)cc3)no2)cc1. The van der Waals surface area contributed by atoms with Gasteiger partial charge in [0.15, 0.2) is 0 Å². The normalized spacial score (nSPS) is 16.3. The van der Waals surface area contributed by atoms with E-state index < -0.39 is 26.1 Å². The van der Waals surface area contributed by atoms with Gasteiger partial charge in [0.25, 0.3) is 0 Å². The van der Waals surface area contributed by atoms with Crippen molar-refractivity contribution in [2.75, 3.05) is 13.1 Å². The van der Waals surface area contributed by atoms with Crippen LogP contribution < -0.4 is 4.72 Å². The number of sulfonamides is 2. The van der Waals surface area contributed by atoms with Crippen LogP contribution in [0.3, 0.4) is 0 Å². The largest absolute Gasteiger partial charge is 0.337 e. The number of nitrogens with zero attached hydrogens (tertiary/aromatic N) is 3. The van der Waals surface area contributed by atoms with Crippen LogP contribution in [0.4, 0.5) is 0 Å². The molecule has 170 valence electrons. The molecular weight excluding hydrogens is 452 g/mol. The van der Waals surface area contributed by atoms with Gasteiger partial charge in [0.1, 0.15) is 0 Å². The summed E-state index contributed by atoms with van der Waals surface area (Å²) in [5.74, 6) is 0.343. The van der Waals surface area contributed by atoms with Crippen molar-refractivity contribution in [2.24, 2.45) is 0 Å². The van der Waals surface area contributed by atoms with Crippen LogP contribution in [-0.2, 0) is 20.0 Å². The first-order valence-electron chi connectivity index (χ1n) is 10.2. The van der Waals surface area contributed by atoms with Gasteiger partial charge in [0, 0.05) is 18.7 Å². The Morgan fingerprint density at radius 2 is 1.53 bits per heavy atom. The number of benzene rings is 2. The Hall–Kier alpha value is -2.60. The highest BCUT2D eigenvalue weighted by Crippen LogP contribution is 2.25. The molecule has 9 nitrogen and oxygen atoms in total. The van der Waals surface area contributed by atoms with Crippen LogP contribution in [0.5, 0.6) is 0 Å². The molecule has 32 heavy (non-hydrogen) atoms. The highest BCUT2D eigenvalue weighted by Gasteiger charge is 2.27. The van der Waals surface area contributed by atoms with Crippen LogP contribution in [0.2, 0.25) is 0 Å². The maximum atomic E-state index is 12.7. The Labute approximate surface area is 187 Å². The van der Waals surface area contributed by atoms with E-state index in [0.29, 0.717) is 18.7 Å². The molecule has 1 atom stereocenters. The van der Waals surface area contributed by atoms with Crippen molar-refractivity contribution in [3.05, 3.63) is 60.0 Å². The van der Waals surface area contributed by atoms with Gasteiger partial charge in [0.2, 0.25) is 31.8 Å². The molecule has 11 heteroatoms. The fourth-order valence-corrected chi connectivity index (χ4v) is 6.16. The molecule has 1 aliphatic heterocycles. The van der Waals surface area contributed by atoms with Crippen molar-refractivity contribution in [3.8, 4) is 11.4 Å². The Morgan fingerprint density at radius 1 is 0.938 bits per heavy atom. The molecule has 2 heterocycles. The summed E-state index contributed by atoms with van der Waals surface area (Å²) in [5.41, 5.74) is 1.52. The molecule has 1 saturated heterocycles. The van der Waals surface area contributed by atoms with Gasteiger partial charge in [-0.2, -0.15) is 14.0 Å². The van der Waals surface area contributed by atoms with Crippen molar-refractivity contribution in [1.29, 1.82) is 0 Å². The summed E-state index contributed by atoms with van der Waals surface area (Å²) >= 11 is 0. The third-order valence-electron chi connectivity index (χ3n) is 5.29. The van der Waals surface area contributed by atoms with Crippen molar-refractivity contribution >= 4 is 20.0 Å². The molecule has 0 spiro atoms. The summed E-state index contributed by atoms with van der Waals surface area (Å²) in [6.45, 7) is 4.55. The van der Waals surface area contributed by atoms with Crippen molar-refractivity contribution in [2.45, 2.75) is 42.5 Å². The van der Waals surface area contributed by atoms with Crippen LogP contribution in [0.25, 0.3) is 11.4 Å². The third-order valence-corrected chi connectivity index (χ3v) is 8.76. The summed E-state index contributed by atoms with van der Waals surface area (Å²) in [6, 6.07) is 12.0. The van der Waals surface area contributed by atoms with Gasteiger partial charge in [-0.15, -0.1) is 0 Å². The predicted molar refractivity (Wildman–Crippen MR) is 118 cm³/mol. The Morgan fingerprint density at radius 3 is 2.16 bits per heavy atom. The molecule has 0 amide bonds. The van der Waals surface area contributed by atoms with Crippen molar-refractivity contribution in [3.63, 3.8) is 0 Å². The number of hydrogen-bond acceptors (Lipinski definition) is 7. The summed E-state index contributed by atoms with van der Waals surface area (Å²) in [5, 5.41) is 3.91. The zero-order valence-electron chi connectivity index (χ0n) is 17.7. The quantitative estimate of drug-likeness (QED) is 0.556. The van der Waals surface area contributed by atoms with E-state index >= 15 is 0 Å². The lowest BCUT2D eigenvalue weighted by Gasteiger charge is -2.15. The van der Waals surface area contributed by atoms with E-state index in [1.165, 1.54) is 28.6 Å². The van der Waals surface area contributed by atoms with E-state index in [9.17, 15) is 16.8 Å². The molecule has 4 rings (SSSR count). The highest BCUT2D eigenvalue weighted by atomic mass is 32.2. The molecule has 2 aromatic carbocycles. The number of hydrogen-bond donors (Lipinski definition) is 1. The summed E-state index contributed by atoms with van der Waals surface area (Å²) in [6.07, 6.45) is 1.74. The Kier molecular flexibility index (Phi) is 6.17. The predicted octanol–water partition coefficient (Wildman–Crippen LogP) is 2.87. The number of aryl methyl sites for hydroxylation is 1. The lowest BCUT2D eigenvalue weighted by molar-refractivity contribution is 0.354. The van der Waals surface area contributed by atoms with E-state index in [0.717, 1.165) is 18.4 Å². The van der Waals surface area contributed by atoms with Gasteiger partial charge in [-0.1, -0.05) is 22.9 Å². The smallest absolute Gasteiger partial charge is 0.244 e. The Balaban J connectivity index is 1.49. The third kappa shape index (κ3) is 4.60. The second kappa shape index (κ2) is 8.74. The molecular formula is C21H24N4O5S2. The first-order chi connectivity index (χ1) is 15.2. The molecule has 0 unspecified atom stereocenters. The molecule has 0 aliphatic carbocycles. The minimum atomic E-state index is -3.76. The lowest BCUT2D eigenvalue weighted by Crippen LogP contribution is -2.27. The van der Waals surface area contributed by atoms with Crippen LogP contribution in [-0.4, -0.2) is 44.4 Å². The maximum absolute atomic E-state index is 12.7. The van der Waals surface area contributed by atoms with E-state index in [2.05, 4.69) is 14.9 Å². The highest BCUT2D eigenvalue weighted by molar-refractivity contribution is 7.89. The zero-order valence-corrected chi connectivity index (χ0v) is 19.4. The number of rotatable bonds is 7. The molecule has 1 N–H and O–H groups in total. The summed E-state index contributed by atoms with van der Waals surface area (Å²) in [4.78, 5) is 4.63. The van der Waals surface area contributed by atoms with Gasteiger partial charge >= 0.3 is 0 Å². The Bertz CT molecular complexity index is 1290. The van der Waals surface area contributed by atoms with Crippen LogP contribution in [0.1, 0.15) is 37.3 Å². The van der Waals surface area contributed by atoms with Gasteiger partial charge in [-0.25, -0.2) is 16.8 Å². The van der Waals surface area contributed by atoms with Crippen LogP contribution >= 0.6 is 0 Å². The minimum Gasteiger partial charge on any atom is -0.337 e. The van der Waals surface area contributed by atoms with E-state index in [-0.39, 0.29) is 21.5 Å². The first-order valence-corrected chi connectivity index (χ1v) is 13.1. The molecule has 3 aromatic rings. The van der Waals surface area contributed by atoms with Gasteiger partial charge in [0.05, 0.1) is 15.8 Å². The molecule has 1 aromatic heterocycles. The van der Waals surface area contributed by atoms with Gasteiger partial charge in [-0.3, -0.25) is 0 Å². The molecule has 0 bridgehead atoms. The number of aromatic nitrogens is 2. The van der Waals surface area contributed by atoms with E-state index in [1.54, 1.807) is 31.2 Å². The second-order valence-electron chi connectivity index (χ2n) is 7.75. The molecule has 1 fully saturated rings. The standard InChI is InChI=1S/C21H24N4O5S2/c1-15-5-9-18(10-6-15)31(26,27)24-16(2)21-22-20(23-30-21)17-7-11-19(12-8-17)32(28,29)25-13-3-4-14-25/h5-12,16,24H,3-4,13-14H2,1-2H3/t16-/m1/s1.